The van der Waals surface area contributed by atoms with E-state index in [4.69, 9.17) is 9.15 Å². The van der Waals surface area contributed by atoms with Gasteiger partial charge in [-0.1, -0.05) is 82.3 Å². The molecule has 1 saturated heterocycles. The molecule has 3 heterocycles. The number of piperazine rings is 1. The minimum absolute atomic E-state index is 0.0650. The van der Waals surface area contributed by atoms with Gasteiger partial charge in [0.2, 0.25) is 5.71 Å². The van der Waals surface area contributed by atoms with Gasteiger partial charge in [-0.2, -0.15) is 0 Å². The van der Waals surface area contributed by atoms with Crippen molar-refractivity contribution in [2.45, 2.75) is 43.4 Å². The highest BCUT2D eigenvalue weighted by molar-refractivity contribution is 8.76. The Kier molecular flexibility index (Phi) is 15.9. The van der Waals surface area contributed by atoms with E-state index < -0.39 is 11.9 Å². The molecule has 14 nitrogen and oxygen atoms in total. The number of hydrogen-bond acceptors (Lipinski definition) is 11. The second-order valence-electron chi connectivity index (χ2n) is 20.2. The third-order valence-electron chi connectivity index (χ3n) is 15.6. The lowest BCUT2D eigenvalue weighted by Crippen LogP contribution is -2.50. The Morgan fingerprint density at radius 1 is 0.683 bits per heavy atom. The molecule has 2 unspecified atom stereocenters. The van der Waals surface area contributed by atoms with Gasteiger partial charge < -0.3 is 39.4 Å². The summed E-state index contributed by atoms with van der Waals surface area (Å²) in [5.41, 5.74) is 6.98. The number of allylic oxidation sites excluding steroid dienone is 3. The van der Waals surface area contributed by atoms with Crippen LogP contribution in [0.3, 0.4) is 0 Å². The number of benzene rings is 7. The zero-order chi connectivity index (χ0) is 57.2. The number of nitrogens with zero attached hydrogens (tertiary/aromatic N) is 4. The van der Waals surface area contributed by atoms with Crippen LogP contribution in [0.1, 0.15) is 86.2 Å². The zero-order valence-corrected chi connectivity index (χ0v) is 47.4. The van der Waals surface area contributed by atoms with Crippen molar-refractivity contribution in [1.82, 2.24) is 9.80 Å². The minimum atomic E-state index is -1.25. The zero-order valence-electron chi connectivity index (χ0n) is 45.8. The van der Waals surface area contributed by atoms with E-state index in [1.165, 1.54) is 51.9 Å². The van der Waals surface area contributed by atoms with Crippen molar-refractivity contribution in [3.63, 3.8) is 0 Å². The molecular weight excluding hydrogens is 1070 g/mol. The molecular formula is C66H60N5O9S2+. The van der Waals surface area contributed by atoms with Crippen LogP contribution in [0.25, 0.3) is 33.4 Å². The second kappa shape index (κ2) is 23.7. The van der Waals surface area contributed by atoms with Gasteiger partial charge >= 0.3 is 5.97 Å². The summed E-state index contributed by atoms with van der Waals surface area (Å²) in [5, 5.41) is 24.2. The van der Waals surface area contributed by atoms with E-state index in [1.54, 1.807) is 47.4 Å². The van der Waals surface area contributed by atoms with Gasteiger partial charge in [-0.15, -0.1) is 0 Å². The molecule has 0 bridgehead atoms. The summed E-state index contributed by atoms with van der Waals surface area (Å²) in [4.78, 5) is 75.9. The molecule has 414 valence electrons. The SMILES string of the molecule is CCN(CC)c1ccc2c(c1)OC1=CC(=[N+](CC)CC)C=CC1C2c1ccccc1C(=O)N1CCN(C(=O)c2ccccc2SSc2ccccc2C(=O)Nc2ccc(-c3c4ccc(=O)cc-4oc4cc(O)ccc34)c(C(=O)O)c2)CC1. The molecule has 0 aromatic heterocycles. The number of phenols is 1. The van der Waals surface area contributed by atoms with E-state index in [0.29, 0.717) is 74.7 Å². The van der Waals surface area contributed by atoms with E-state index in [9.17, 15) is 34.2 Å². The first-order chi connectivity index (χ1) is 39.8. The smallest absolute Gasteiger partial charge is 0.336 e. The first kappa shape index (κ1) is 55.1. The molecule has 2 aliphatic carbocycles. The number of carbonyl (C=O) groups is 4. The molecule has 6 aromatic carbocycles. The van der Waals surface area contributed by atoms with Gasteiger partial charge in [0.05, 0.1) is 16.7 Å². The fraction of sp³-hybridized carbons (Fsp3) is 0.212. The molecule has 5 aliphatic rings. The number of carbonyl (C=O) groups excluding carboxylic acids is 3. The molecule has 2 atom stereocenters. The highest BCUT2D eigenvalue weighted by Gasteiger charge is 2.40. The minimum Gasteiger partial charge on any atom is -0.508 e. The molecule has 1 fully saturated rings. The van der Waals surface area contributed by atoms with E-state index in [2.05, 4.69) is 85.0 Å². The van der Waals surface area contributed by atoms with Crippen LogP contribution in [0.4, 0.5) is 11.4 Å². The molecule has 6 aromatic rings. The number of nitrogens with one attached hydrogen (secondary N) is 1. The van der Waals surface area contributed by atoms with Gasteiger partial charge in [0, 0.05) is 130 Å². The van der Waals surface area contributed by atoms with Crippen molar-refractivity contribution in [3.8, 4) is 33.9 Å². The topological polar surface area (TPSA) is 173 Å². The van der Waals surface area contributed by atoms with E-state index in [0.717, 1.165) is 60.2 Å². The maximum atomic E-state index is 14.8. The maximum absolute atomic E-state index is 14.8. The lowest BCUT2D eigenvalue weighted by Gasteiger charge is -2.38. The summed E-state index contributed by atoms with van der Waals surface area (Å²) >= 11 is 0. The predicted molar refractivity (Wildman–Crippen MR) is 324 cm³/mol. The highest BCUT2D eigenvalue weighted by atomic mass is 33.1. The van der Waals surface area contributed by atoms with Gasteiger partial charge in [-0.05, 0) is 112 Å². The number of anilines is 2. The van der Waals surface area contributed by atoms with Crippen LogP contribution in [0.2, 0.25) is 0 Å². The summed E-state index contributed by atoms with van der Waals surface area (Å²) in [6, 6.07) is 42.1. The van der Waals surface area contributed by atoms with Crippen molar-refractivity contribution in [3.05, 3.63) is 213 Å². The van der Waals surface area contributed by atoms with Crippen LogP contribution in [0.5, 0.6) is 11.5 Å². The quantitative estimate of drug-likeness (QED) is 0.0504. The van der Waals surface area contributed by atoms with Crippen molar-refractivity contribution < 1.29 is 43.1 Å². The number of fused-ring (bicyclic) bond motifs is 4. The second-order valence-corrected chi connectivity index (χ2v) is 22.4. The number of carboxylic acid groups (broad SMARTS) is 1. The Hall–Kier alpha value is -8.86. The summed E-state index contributed by atoms with van der Waals surface area (Å²) in [7, 11) is 2.67. The Labute approximate surface area is 482 Å². The van der Waals surface area contributed by atoms with Crippen molar-refractivity contribution in [1.29, 1.82) is 0 Å². The van der Waals surface area contributed by atoms with Crippen molar-refractivity contribution in [2.24, 2.45) is 5.92 Å². The summed E-state index contributed by atoms with van der Waals surface area (Å²) < 4.78 is 15.1. The normalized spacial score (nSPS) is 15.6. The predicted octanol–water partition coefficient (Wildman–Crippen LogP) is 12.6. The first-order valence-corrected chi connectivity index (χ1v) is 29.7. The van der Waals surface area contributed by atoms with Crippen LogP contribution >= 0.6 is 21.6 Å². The fourth-order valence-corrected chi connectivity index (χ4v) is 13.7. The number of rotatable bonds is 15. The number of phenolic OH excluding ortho intramolecular Hbond substituents is 1. The molecule has 82 heavy (non-hydrogen) atoms. The van der Waals surface area contributed by atoms with E-state index >= 15 is 0 Å². The maximum Gasteiger partial charge on any atom is 0.336 e. The largest absolute Gasteiger partial charge is 0.508 e. The molecule has 0 spiro atoms. The van der Waals surface area contributed by atoms with Crippen LogP contribution in [0.15, 0.2) is 189 Å². The lowest BCUT2D eigenvalue weighted by atomic mass is 9.74. The standard InChI is InChI=1S/C66H59N5O9S2/c1-5-68(6-2)41-22-27-48-55(36-41)79-56-37-42(69(7-3)8-4)23-28-49(56)61(48)45-15-9-10-16-47(45)64(75)70-31-33-71(34-32-70)65(76)53-18-12-14-20-60(53)82-81-59-19-13-11-17-52(59)63(74)67-40-21-26-46(54(35-40)66(77)78)62-50-29-24-43(72)38-57(50)80-58-39-44(73)25-30-51(58)62/h9-30,35-39,48,61H,5-8,31-34H2,1-4H3,(H2-,67,72,73,74,77,78)/p+1. The summed E-state index contributed by atoms with van der Waals surface area (Å²) in [5.74, 6) is -0.483. The number of amides is 3. The third-order valence-corrected chi connectivity index (χ3v) is 18.1. The van der Waals surface area contributed by atoms with Gasteiger partial charge in [0.1, 0.15) is 41.7 Å². The number of hydrogen-bond donors (Lipinski definition) is 3. The Morgan fingerprint density at radius 2 is 1.33 bits per heavy atom. The molecule has 0 radical (unpaired) electrons. The number of carboxylic acids is 1. The van der Waals surface area contributed by atoms with Crippen LogP contribution in [-0.2, 0) is 0 Å². The molecule has 3 N–H and O–H groups in total. The molecule has 11 rings (SSSR count). The number of aromatic hydroxyl groups is 1. The Bertz CT molecular complexity index is 3960. The molecule has 3 amide bonds. The third kappa shape index (κ3) is 10.8. The van der Waals surface area contributed by atoms with Gasteiger partial charge in [0.15, 0.2) is 5.43 Å². The summed E-state index contributed by atoms with van der Waals surface area (Å²) in [6.07, 6.45) is 6.56. The van der Waals surface area contributed by atoms with E-state index in [1.807, 2.05) is 53.4 Å². The average molecular weight is 1130 g/mol. The molecule has 0 saturated carbocycles. The first-order valence-electron chi connectivity index (χ1n) is 27.5. The van der Waals surface area contributed by atoms with E-state index in [-0.39, 0.29) is 57.4 Å². The van der Waals surface area contributed by atoms with Crippen LogP contribution in [0, 0.1) is 5.92 Å². The number of aromatic carboxylic acids is 1. The number of ether oxygens (including phenoxy) is 1. The highest BCUT2D eigenvalue weighted by Crippen LogP contribution is 2.50. The van der Waals surface area contributed by atoms with Gasteiger partial charge in [-0.25, -0.2) is 9.37 Å². The fourth-order valence-electron chi connectivity index (χ4n) is 11.4. The monoisotopic (exact) mass is 1130 g/mol. The molecule has 16 heteroatoms. The lowest BCUT2D eigenvalue weighted by molar-refractivity contribution is -0.519. The van der Waals surface area contributed by atoms with Gasteiger partial charge in [0.25, 0.3) is 17.7 Å². The average Bonchev–Trinajstić information content (AvgIpc) is 1.72. The molecule has 3 aliphatic heterocycles. The van der Waals surface area contributed by atoms with Crippen LogP contribution < -0.4 is 20.4 Å². The van der Waals surface area contributed by atoms with Crippen LogP contribution in [-0.4, -0.2) is 106 Å². The Balaban J connectivity index is 0.785. The summed E-state index contributed by atoms with van der Waals surface area (Å²) in [6.45, 7) is 13.4. The van der Waals surface area contributed by atoms with Gasteiger partial charge in [-0.3, -0.25) is 19.2 Å². The Morgan fingerprint density at radius 3 is 2.02 bits per heavy atom. The van der Waals surface area contributed by atoms with Crippen molar-refractivity contribution in [2.75, 3.05) is 62.6 Å². The van der Waals surface area contributed by atoms with Crippen molar-refractivity contribution >= 4 is 73.3 Å².